The SMILES string of the molecule is CNCc1cn(Cc2cn3cc(Cl)ccc3n2)nn1. The van der Waals surface area contributed by atoms with Crippen molar-refractivity contribution in [2.75, 3.05) is 7.05 Å². The van der Waals surface area contributed by atoms with Crippen LogP contribution in [0, 0.1) is 0 Å². The molecule has 0 aliphatic carbocycles. The molecule has 0 amide bonds. The Morgan fingerprint density at radius 1 is 1.21 bits per heavy atom. The minimum absolute atomic E-state index is 0.593. The maximum Gasteiger partial charge on any atom is 0.137 e. The van der Waals surface area contributed by atoms with Crippen LogP contribution in [0.15, 0.2) is 30.7 Å². The summed E-state index contributed by atoms with van der Waals surface area (Å²) in [7, 11) is 1.88. The number of imidazole rings is 1. The second-order valence-electron chi connectivity index (χ2n) is 4.28. The average Bonchev–Trinajstić information content (AvgIpc) is 2.96. The van der Waals surface area contributed by atoms with Crippen molar-refractivity contribution in [2.45, 2.75) is 13.1 Å². The van der Waals surface area contributed by atoms with Gasteiger partial charge in [-0.3, -0.25) is 0 Å². The third-order valence-electron chi connectivity index (χ3n) is 2.73. The highest BCUT2D eigenvalue weighted by molar-refractivity contribution is 6.30. The van der Waals surface area contributed by atoms with Crippen molar-refractivity contribution < 1.29 is 0 Å². The largest absolute Gasteiger partial charge is 0.314 e. The van der Waals surface area contributed by atoms with E-state index < -0.39 is 0 Å². The summed E-state index contributed by atoms with van der Waals surface area (Å²) in [4.78, 5) is 4.50. The molecule has 6 nitrogen and oxygen atoms in total. The van der Waals surface area contributed by atoms with E-state index >= 15 is 0 Å². The summed E-state index contributed by atoms with van der Waals surface area (Å²) in [5.41, 5.74) is 2.70. The Morgan fingerprint density at radius 2 is 2.11 bits per heavy atom. The first-order chi connectivity index (χ1) is 9.24. The third kappa shape index (κ3) is 2.59. The number of fused-ring (bicyclic) bond motifs is 1. The van der Waals surface area contributed by atoms with Crippen LogP contribution in [-0.2, 0) is 13.1 Å². The Labute approximate surface area is 115 Å². The van der Waals surface area contributed by atoms with Crippen molar-refractivity contribution in [1.82, 2.24) is 29.7 Å². The van der Waals surface area contributed by atoms with Crippen LogP contribution in [0.25, 0.3) is 5.65 Å². The van der Waals surface area contributed by atoms with Crippen LogP contribution in [0.4, 0.5) is 0 Å². The molecule has 0 fully saturated rings. The summed E-state index contributed by atoms with van der Waals surface area (Å²) in [6, 6.07) is 3.72. The molecule has 3 rings (SSSR count). The first-order valence-electron chi connectivity index (χ1n) is 5.91. The van der Waals surface area contributed by atoms with Gasteiger partial charge in [0.25, 0.3) is 0 Å². The number of aromatic nitrogens is 5. The fourth-order valence-electron chi connectivity index (χ4n) is 1.94. The number of hydrogen-bond acceptors (Lipinski definition) is 4. The van der Waals surface area contributed by atoms with E-state index in [1.54, 1.807) is 4.68 Å². The van der Waals surface area contributed by atoms with Gasteiger partial charge in [0.2, 0.25) is 0 Å². The Balaban J connectivity index is 1.83. The lowest BCUT2D eigenvalue weighted by molar-refractivity contribution is 0.640. The highest BCUT2D eigenvalue weighted by Gasteiger charge is 2.05. The number of nitrogens with one attached hydrogen (secondary N) is 1. The molecule has 0 spiro atoms. The van der Waals surface area contributed by atoms with Crippen molar-refractivity contribution in [1.29, 1.82) is 0 Å². The molecule has 0 aliphatic heterocycles. The van der Waals surface area contributed by atoms with Gasteiger partial charge in [0.05, 0.1) is 29.2 Å². The maximum absolute atomic E-state index is 5.94. The molecule has 0 bridgehead atoms. The van der Waals surface area contributed by atoms with Crippen LogP contribution < -0.4 is 5.32 Å². The molecule has 3 heterocycles. The zero-order valence-corrected chi connectivity index (χ0v) is 11.2. The van der Waals surface area contributed by atoms with Crippen molar-refractivity contribution in [2.24, 2.45) is 0 Å². The molecule has 0 atom stereocenters. The Morgan fingerprint density at radius 3 is 2.95 bits per heavy atom. The highest BCUT2D eigenvalue weighted by atomic mass is 35.5. The van der Waals surface area contributed by atoms with Gasteiger partial charge in [-0.2, -0.15) is 0 Å². The number of pyridine rings is 1. The lowest BCUT2D eigenvalue weighted by atomic mass is 10.4. The molecule has 3 aromatic heterocycles. The molecule has 3 aromatic rings. The molecule has 0 radical (unpaired) electrons. The first-order valence-corrected chi connectivity index (χ1v) is 6.29. The minimum atomic E-state index is 0.593. The fraction of sp³-hybridized carbons (Fsp3) is 0.250. The van der Waals surface area contributed by atoms with Crippen molar-refractivity contribution >= 4 is 17.2 Å². The van der Waals surface area contributed by atoms with E-state index in [1.807, 2.05) is 42.2 Å². The van der Waals surface area contributed by atoms with E-state index in [2.05, 4.69) is 20.6 Å². The highest BCUT2D eigenvalue weighted by Crippen LogP contribution is 2.12. The van der Waals surface area contributed by atoms with Gasteiger partial charge in [0.1, 0.15) is 5.65 Å². The van der Waals surface area contributed by atoms with Crippen LogP contribution in [0.1, 0.15) is 11.4 Å². The van der Waals surface area contributed by atoms with Gasteiger partial charge in [0.15, 0.2) is 0 Å². The number of hydrogen-bond donors (Lipinski definition) is 1. The van der Waals surface area contributed by atoms with Crippen molar-refractivity contribution in [3.63, 3.8) is 0 Å². The lowest BCUT2D eigenvalue weighted by Gasteiger charge is -1.94. The van der Waals surface area contributed by atoms with Crippen molar-refractivity contribution in [3.8, 4) is 0 Å². The predicted molar refractivity (Wildman–Crippen MR) is 72.1 cm³/mol. The number of halogens is 1. The van der Waals surface area contributed by atoms with Crippen LogP contribution in [0.5, 0.6) is 0 Å². The monoisotopic (exact) mass is 276 g/mol. The average molecular weight is 277 g/mol. The molecular weight excluding hydrogens is 264 g/mol. The molecule has 0 saturated carbocycles. The zero-order valence-electron chi connectivity index (χ0n) is 10.4. The van der Waals surface area contributed by atoms with Crippen LogP contribution in [-0.4, -0.2) is 31.4 Å². The molecule has 19 heavy (non-hydrogen) atoms. The zero-order chi connectivity index (χ0) is 13.2. The summed E-state index contributed by atoms with van der Waals surface area (Å²) in [6.07, 6.45) is 5.69. The Hall–Kier alpha value is -1.92. The van der Waals surface area contributed by atoms with Gasteiger partial charge >= 0.3 is 0 Å². The smallest absolute Gasteiger partial charge is 0.137 e. The molecule has 0 unspecified atom stereocenters. The number of rotatable bonds is 4. The van der Waals surface area contributed by atoms with Gasteiger partial charge in [-0.1, -0.05) is 16.8 Å². The summed E-state index contributed by atoms with van der Waals surface area (Å²) in [6.45, 7) is 1.30. The normalized spacial score (nSPS) is 11.3. The summed E-state index contributed by atoms with van der Waals surface area (Å²) in [5, 5.41) is 11.9. The standard InChI is InChI=1S/C12H13ClN6/c1-14-4-10-7-19(17-16-10)8-11-6-18-5-9(13)2-3-12(18)15-11/h2-3,5-7,14H,4,8H2,1H3. The Kier molecular flexibility index (Phi) is 3.18. The quantitative estimate of drug-likeness (QED) is 0.781. The topological polar surface area (TPSA) is 60.0 Å². The van der Waals surface area contributed by atoms with E-state index in [0.717, 1.165) is 17.0 Å². The molecule has 0 saturated heterocycles. The van der Waals surface area contributed by atoms with E-state index in [9.17, 15) is 0 Å². The first kappa shape index (κ1) is 12.1. The van der Waals surface area contributed by atoms with E-state index in [-0.39, 0.29) is 0 Å². The molecule has 0 aromatic carbocycles. The minimum Gasteiger partial charge on any atom is -0.314 e. The van der Waals surface area contributed by atoms with E-state index in [0.29, 0.717) is 18.1 Å². The maximum atomic E-state index is 5.94. The van der Waals surface area contributed by atoms with Gasteiger partial charge < -0.3 is 9.72 Å². The summed E-state index contributed by atoms with van der Waals surface area (Å²) in [5.74, 6) is 0. The second kappa shape index (κ2) is 4.99. The molecule has 1 N–H and O–H groups in total. The summed E-state index contributed by atoms with van der Waals surface area (Å²) >= 11 is 5.94. The van der Waals surface area contributed by atoms with E-state index in [1.165, 1.54) is 0 Å². The van der Waals surface area contributed by atoms with Crippen LogP contribution in [0.2, 0.25) is 5.02 Å². The molecule has 98 valence electrons. The molecule has 7 heteroatoms. The molecular formula is C12H13ClN6. The third-order valence-corrected chi connectivity index (χ3v) is 2.96. The lowest BCUT2D eigenvalue weighted by Crippen LogP contribution is -2.05. The van der Waals surface area contributed by atoms with Crippen LogP contribution in [0.3, 0.4) is 0 Å². The fourth-order valence-corrected chi connectivity index (χ4v) is 2.11. The Bertz CT molecular complexity index is 701. The van der Waals surface area contributed by atoms with Gasteiger partial charge in [-0.05, 0) is 19.2 Å². The van der Waals surface area contributed by atoms with Crippen LogP contribution >= 0.6 is 11.6 Å². The predicted octanol–water partition coefficient (Wildman–Crippen LogP) is 1.35. The van der Waals surface area contributed by atoms with E-state index in [4.69, 9.17) is 11.6 Å². The summed E-state index contributed by atoms with van der Waals surface area (Å²) < 4.78 is 3.68. The second-order valence-corrected chi connectivity index (χ2v) is 4.72. The van der Waals surface area contributed by atoms with Gasteiger partial charge in [-0.15, -0.1) is 5.10 Å². The van der Waals surface area contributed by atoms with Gasteiger partial charge in [-0.25, -0.2) is 9.67 Å². The number of nitrogens with zero attached hydrogens (tertiary/aromatic N) is 5. The van der Waals surface area contributed by atoms with Crippen molar-refractivity contribution in [3.05, 3.63) is 47.1 Å². The van der Waals surface area contributed by atoms with Gasteiger partial charge in [0, 0.05) is 18.9 Å². The molecule has 0 aliphatic rings.